The van der Waals surface area contributed by atoms with E-state index in [-0.39, 0.29) is 33.3 Å². The van der Waals surface area contributed by atoms with E-state index in [1.165, 1.54) is 14.2 Å². The molecule has 1 aromatic rings. The topological polar surface area (TPSA) is 90.9 Å². The van der Waals surface area contributed by atoms with Crippen molar-refractivity contribution in [3.8, 4) is 0 Å². The number of rotatable bonds is 5. The number of methoxy groups -OCH3 is 2. The highest BCUT2D eigenvalue weighted by atomic mass is 35.5. The lowest BCUT2D eigenvalue weighted by Gasteiger charge is -2.33. The van der Waals surface area contributed by atoms with Crippen LogP contribution in [0.3, 0.4) is 0 Å². The van der Waals surface area contributed by atoms with Crippen molar-refractivity contribution in [3.05, 3.63) is 56.3 Å². The Kier molecular flexibility index (Phi) is 7.78. The summed E-state index contributed by atoms with van der Waals surface area (Å²) in [6.45, 7) is 6.83. The van der Waals surface area contributed by atoms with Crippen LogP contribution in [-0.2, 0) is 28.6 Å². The summed E-state index contributed by atoms with van der Waals surface area (Å²) >= 11 is 12.9. The number of hydrogen-bond donors (Lipinski definition) is 1. The Morgan fingerprint density at radius 2 is 1.58 bits per heavy atom. The van der Waals surface area contributed by atoms with Crippen molar-refractivity contribution < 1.29 is 28.6 Å². The number of halogens is 2. The Hall–Kier alpha value is -2.51. The van der Waals surface area contributed by atoms with Crippen molar-refractivity contribution in [1.82, 2.24) is 5.32 Å². The fraction of sp³-hybridized carbons (Fsp3) is 0.409. The first-order valence-electron chi connectivity index (χ1n) is 9.44. The Morgan fingerprint density at radius 1 is 1.00 bits per heavy atom. The summed E-state index contributed by atoms with van der Waals surface area (Å²) in [5.41, 5.74) is 0.315. The van der Waals surface area contributed by atoms with Gasteiger partial charge in [-0.25, -0.2) is 9.59 Å². The molecular formula is C22H25Cl2NO6. The quantitative estimate of drug-likeness (QED) is 0.507. The Bertz CT molecular complexity index is 954. The van der Waals surface area contributed by atoms with Gasteiger partial charge in [-0.05, 0) is 39.8 Å². The van der Waals surface area contributed by atoms with Crippen molar-refractivity contribution in [2.24, 2.45) is 0 Å². The lowest BCUT2D eigenvalue weighted by atomic mass is 9.79. The molecule has 1 aliphatic rings. The Labute approximate surface area is 191 Å². The van der Waals surface area contributed by atoms with Gasteiger partial charge in [-0.2, -0.15) is 0 Å². The maximum atomic E-state index is 13.2. The summed E-state index contributed by atoms with van der Waals surface area (Å²) in [6.07, 6.45) is -0.252. The molecular weight excluding hydrogens is 445 g/mol. The number of hydrogen-bond acceptors (Lipinski definition) is 7. The number of benzene rings is 1. The second kappa shape index (κ2) is 9.75. The molecule has 7 nitrogen and oxygen atoms in total. The van der Waals surface area contributed by atoms with Crippen LogP contribution in [0, 0.1) is 0 Å². The van der Waals surface area contributed by atoms with E-state index < -0.39 is 29.4 Å². The highest BCUT2D eigenvalue weighted by molar-refractivity contribution is 6.36. The predicted octanol–water partition coefficient (Wildman–Crippen LogP) is 4.29. The van der Waals surface area contributed by atoms with Gasteiger partial charge < -0.3 is 19.5 Å². The summed E-state index contributed by atoms with van der Waals surface area (Å²) in [5, 5.41) is 3.46. The van der Waals surface area contributed by atoms with Crippen molar-refractivity contribution in [2.45, 2.75) is 45.6 Å². The number of esters is 3. The normalized spacial score (nSPS) is 16.6. The van der Waals surface area contributed by atoms with Gasteiger partial charge in [0.05, 0.1) is 37.7 Å². The molecule has 1 unspecified atom stereocenters. The minimum absolute atomic E-state index is 0.0226. The molecule has 1 heterocycles. The smallest absolute Gasteiger partial charge is 0.337 e. The van der Waals surface area contributed by atoms with E-state index >= 15 is 0 Å². The first kappa shape index (κ1) is 24.8. The zero-order valence-corrected chi connectivity index (χ0v) is 19.7. The number of nitrogens with one attached hydrogen (secondary N) is 1. The molecule has 168 valence electrons. The van der Waals surface area contributed by atoms with Crippen LogP contribution in [0.25, 0.3) is 0 Å². The third kappa shape index (κ3) is 5.60. The SMILES string of the molecule is COC(=O)CC1=C(C(=O)OC)C(c2c(Cl)cccc2Cl)C(C(=O)OC(C)(C)C)=C(C)N1. The molecule has 9 heteroatoms. The average molecular weight is 470 g/mol. The first-order valence-corrected chi connectivity index (χ1v) is 10.2. The third-order valence-corrected chi connectivity index (χ3v) is 5.17. The van der Waals surface area contributed by atoms with Gasteiger partial charge in [-0.15, -0.1) is 0 Å². The highest BCUT2D eigenvalue weighted by Gasteiger charge is 2.41. The van der Waals surface area contributed by atoms with E-state index in [1.807, 2.05) is 0 Å². The molecule has 1 N–H and O–H groups in total. The van der Waals surface area contributed by atoms with Gasteiger partial charge in [0.2, 0.25) is 0 Å². The van der Waals surface area contributed by atoms with Crippen molar-refractivity contribution in [1.29, 1.82) is 0 Å². The molecule has 1 atom stereocenters. The molecule has 0 bridgehead atoms. The molecule has 31 heavy (non-hydrogen) atoms. The van der Waals surface area contributed by atoms with E-state index in [0.29, 0.717) is 11.3 Å². The summed E-state index contributed by atoms with van der Waals surface area (Å²) < 4.78 is 15.3. The fourth-order valence-electron chi connectivity index (χ4n) is 3.28. The lowest BCUT2D eigenvalue weighted by molar-refractivity contribution is -0.150. The van der Waals surface area contributed by atoms with Crippen LogP contribution in [0.1, 0.15) is 45.6 Å². The number of ether oxygens (including phenoxy) is 3. The van der Waals surface area contributed by atoms with Crippen LogP contribution in [0.4, 0.5) is 0 Å². The van der Waals surface area contributed by atoms with E-state index in [1.54, 1.807) is 45.9 Å². The van der Waals surface area contributed by atoms with E-state index in [9.17, 15) is 14.4 Å². The van der Waals surface area contributed by atoms with Crippen LogP contribution >= 0.6 is 23.2 Å². The standard InChI is InChI=1S/C22H25Cl2NO6/c1-11-16(21(28)31-22(2,3)4)19(17-12(23)8-7-9-13(17)24)18(20(27)30-6)14(25-11)10-15(26)29-5/h7-9,19,25H,10H2,1-6H3. The second-order valence-corrected chi connectivity index (χ2v) is 8.69. The number of carbonyl (C=O) groups excluding carboxylic acids is 3. The fourth-order valence-corrected chi connectivity index (χ4v) is 3.90. The van der Waals surface area contributed by atoms with Gasteiger partial charge in [0.15, 0.2) is 0 Å². The molecule has 1 aromatic carbocycles. The molecule has 0 aliphatic carbocycles. The summed E-state index contributed by atoms with van der Waals surface area (Å²) in [6, 6.07) is 4.85. The zero-order valence-electron chi connectivity index (χ0n) is 18.2. The Balaban J connectivity index is 2.83. The number of carbonyl (C=O) groups is 3. The maximum Gasteiger partial charge on any atom is 0.337 e. The summed E-state index contributed by atoms with van der Waals surface area (Å²) in [5.74, 6) is -3.01. The van der Waals surface area contributed by atoms with E-state index in [0.717, 1.165) is 0 Å². The molecule has 0 radical (unpaired) electrons. The van der Waals surface area contributed by atoms with Crippen LogP contribution in [0.15, 0.2) is 40.7 Å². The minimum atomic E-state index is -1.02. The van der Waals surface area contributed by atoms with E-state index in [4.69, 9.17) is 37.4 Å². The molecule has 0 aromatic heterocycles. The summed E-state index contributed by atoms with van der Waals surface area (Å²) in [7, 11) is 2.44. The van der Waals surface area contributed by atoms with Crippen molar-refractivity contribution in [3.63, 3.8) is 0 Å². The van der Waals surface area contributed by atoms with Crippen LogP contribution in [0.2, 0.25) is 10.0 Å². The van der Waals surface area contributed by atoms with Crippen molar-refractivity contribution in [2.75, 3.05) is 14.2 Å². The predicted molar refractivity (Wildman–Crippen MR) is 117 cm³/mol. The minimum Gasteiger partial charge on any atom is -0.469 e. The molecule has 0 amide bonds. The van der Waals surface area contributed by atoms with Gasteiger partial charge >= 0.3 is 17.9 Å². The Morgan fingerprint density at radius 3 is 2.06 bits per heavy atom. The van der Waals surface area contributed by atoms with Crippen LogP contribution in [0.5, 0.6) is 0 Å². The van der Waals surface area contributed by atoms with Gasteiger partial charge in [-0.3, -0.25) is 4.79 Å². The zero-order chi connectivity index (χ0) is 23.5. The first-order chi connectivity index (χ1) is 14.4. The third-order valence-electron chi connectivity index (χ3n) is 4.51. The second-order valence-electron chi connectivity index (χ2n) is 7.87. The van der Waals surface area contributed by atoms with Gasteiger partial charge in [0.25, 0.3) is 0 Å². The van der Waals surface area contributed by atoms with Crippen molar-refractivity contribution >= 4 is 41.1 Å². The van der Waals surface area contributed by atoms with Crippen LogP contribution < -0.4 is 5.32 Å². The highest BCUT2D eigenvalue weighted by Crippen LogP contribution is 2.45. The summed E-state index contributed by atoms with van der Waals surface area (Å²) in [4.78, 5) is 38.1. The molecule has 0 fully saturated rings. The molecule has 0 saturated carbocycles. The lowest BCUT2D eigenvalue weighted by Crippen LogP contribution is -2.36. The number of dihydropyridines is 1. The van der Waals surface area contributed by atoms with Gasteiger partial charge in [0, 0.05) is 27.0 Å². The molecule has 1 aliphatic heterocycles. The maximum absolute atomic E-state index is 13.2. The van der Waals surface area contributed by atoms with Gasteiger partial charge in [0.1, 0.15) is 5.60 Å². The van der Waals surface area contributed by atoms with E-state index in [2.05, 4.69) is 5.32 Å². The molecule has 2 rings (SSSR count). The molecule has 0 saturated heterocycles. The van der Waals surface area contributed by atoms with Gasteiger partial charge in [-0.1, -0.05) is 29.3 Å². The van der Waals surface area contributed by atoms with Crippen LogP contribution in [-0.4, -0.2) is 37.7 Å². The largest absolute Gasteiger partial charge is 0.469 e. The monoisotopic (exact) mass is 469 g/mol. The number of allylic oxidation sites excluding steroid dienone is 1. The average Bonchev–Trinajstić information content (AvgIpc) is 2.65. The molecule has 0 spiro atoms.